The van der Waals surface area contributed by atoms with E-state index in [1.165, 1.54) is 12.0 Å². The molecule has 7 nitrogen and oxygen atoms in total. The Hall–Kier alpha value is -3.49. The fourth-order valence-electron chi connectivity index (χ4n) is 3.82. The van der Waals surface area contributed by atoms with Gasteiger partial charge >= 0.3 is 5.97 Å². The number of amides is 2. The van der Waals surface area contributed by atoms with E-state index < -0.39 is 5.97 Å². The first-order chi connectivity index (χ1) is 16.8. The molecule has 2 amide bonds. The molecule has 0 radical (unpaired) electrons. The second kappa shape index (κ2) is 10.4. The Morgan fingerprint density at radius 3 is 2.40 bits per heavy atom. The number of hydrogen-bond donors (Lipinski definition) is 0. The SMILES string of the molecule is COC(=O)c1ccc(-n2c(C)cc(/C=C3\SC(=O)N(CCOc4ccc(Cl)cc4)C3=O)c2C)cc1. The molecule has 3 aromatic rings. The summed E-state index contributed by atoms with van der Waals surface area (Å²) >= 11 is 6.79. The van der Waals surface area contributed by atoms with Crippen LogP contribution in [0.15, 0.2) is 59.5 Å². The van der Waals surface area contributed by atoms with Crippen molar-refractivity contribution in [3.05, 3.63) is 87.0 Å². The van der Waals surface area contributed by atoms with Crippen LogP contribution in [0.3, 0.4) is 0 Å². The third-order valence-corrected chi connectivity index (χ3v) is 6.73. The van der Waals surface area contributed by atoms with Crippen LogP contribution >= 0.6 is 23.4 Å². The van der Waals surface area contributed by atoms with Crippen molar-refractivity contribution in [2.45, 2.75) is 13.8 Å². The Labute approximate surface area is 212 Å². The summed E-state index contributed by atoms with van der Waals surface area (Å²) < 4.78 is 12.4. The Balaban J connectivity index is 1.48. The number of carbonyl (C=O) groups excluding carboxylic acids is 3. The lowest BCUT2D eigenvalue weighted by Gasteiger charge is -2.13. The van der Waals surface area contributed by atoms with E-state index in [-0.39, 0.29) is 24.3 Å². The second-order valence-electron chi connectivity index (χ2n) is 7.84. The van der Waals surface area contributed by atoms with Gasteiger partial charge in [-0.25, -0.2) is 4.79 Å². The van der Waals surface area contributed by atoms with Gasteiger partial charge in [-0.2, -0.15) is 0 Å². The van der Waals surface area contributed by atoms with Crippen LogP contribution in [0.5, 0.6) is 5.75 Å². The molecular weight excluding hydrogens is 488 g/mol. The van der Waals surface area contributed by atoms with Crippen LogP contribution in [-0.2, 0) is 9.53 Å². The molecular formula is C26H23ClN2O5S. The molecule has 0 unspecified atom stereocenters. The van der Waals surface area contributed by atoms with Crippen molar-refractivity contribution in [1.29, 1.82) is 0 Å². The van der Waals surface area contributed by atoms with Gasteiger partial charge in [0.1, 0.15) is 12.4 Å². The number of esters is 1. The molecule has 9 heteroatoms. The van der Waals surface area contributed by atoms with E-state index in [0.29, 0.717) is 21.2 Å². The lowest BCUT2D eigenvalue weighted by Crippen LogP contribution is -2.32. The summed E-state index contributed by atoms with van der Waals surface area (Å²) in [6.45, 7) is 4.23. The number of thioether (sulfide) groups is 1. The van der Waals surface area contributed by atoms with Crippen molar-refractivity contribution in [3.8, 4) is 11.4 Å². The van der Waals surface area contributed by atoms with Crippen molar-refractivity contribution in [2.75, 3.05) is 20.3 Å². The minimum atomic E-state index is -0.396. The number of methoxy groups -OCH3 is 1. The predicted molar refractivity (Wildman–Crippen MR) is 136 cm³/mol. The Bertz CT molecular complexity index is 1310. The standard InChI is InChI=1S/C26H23ClN2O5S/c1-16-14-19(17(2)29(16)21-8-4-18(5-9-21)25(31)33-3)15-23-24(30)28(26(32)35-23)12-13-34-22-10-6-20(27)7-11-22/h4-11,14-15H,12-13H2,1-3H3/b23-15-. The Morgan fingerprint density at radius 1 is 1.06 bits per heavy atom. The van der Waals surface area contributed by atoms with Crippen LogP contribution in [0.25, 0.3) is 11.8 Å². The number of halogens is 1. The van der Waals surface area contributed by atoms with Gasteiger partial charge in [0.25, 0.3) is 11.1 Å². The molecule has 0 N–H and O–H groups in total. The van der Waals surface area contributed by atoms with Crippen LogP contribution in [0, 0.1) is 13.8 Å². The number of nitrogens with zero attached hydrogens (tertiary/aromatic N) is 2. The molecule has 1 aliphatic rings. The maximum Gasteiger partial charge on any atom is 0.337 e. The van der Waals surface area contributed by atoms with Gasteiger partial charge in [0.2, 0.25) is 0 Å². The highest BCUT2D eigenvalue weighted by atomic mass is 35.5. The molecule has 0 saturated carbocycles. The van der Waals surface area contributed by atoms with E-state index >= 15 is 0 Å². The van der Waals surface area contributed by atoms with Gasteiger partial charge in [0.05, 0.1) is 24.1 Å². The quantitative estimate of drug-likeness (QED) is 0.302. The third kappa shape index (κ3) is 5.28. The third-order valence-electron chi connectivity index (χ3n) is 5.57. The molecule has 0 aliphatic carbocycles. The number of carbonyl (C=O) groups is 3. The molecule has 4 rings (SSSR count). The van der Waals surface area contributed by atoms with Gasteiger partial charge < -0.3 is 14.0 Å². The van der Waals surface area contributed by atoms with Gasteiger partial charge in [-0.05, 0) is 91.8 Å². The highest BCUT2D eigenvalue weighted by Crippen LogP contribution is 2.33. The maximum atomic E-state index is 12.9. The molecule has 2 aromatic carbocycles. The van der Waals surface area contributed by atoms with Crippen LogP contribution in [0.1, 0.15) is 27.3 Å². The first-order valence-corrected chi connectivity index (χ1v) is 12.0. The first-order valence-electron chi connectivity index (χ1n) is 10.8. The lowest BCUT2D eigenvalue weighted by atomic mass is 10.2. The number of hydrogen-bond acceptors (Lipinski definition) is 6. The summed E-state index contributed by atoms with van der Waals surface area (Å²) in [6, 6.07) is 15.9. The second-order valence-corrected chi connectivity index (χ2v) is 9.27. The summed E-state index contributed by atoms with van der Waals surface area (Å²) in [7, 11) is 1.34. The fourth-order valence-corrected chi connectivity index (χ4v) is 4.80. The molecule has 1 aromatic heterocycles. The van der Waals surface area contributed by atoms with E-state index in [0.717, 1.165) is 34.4 Å². The topological polar surface area (TPSA) is 77.8 Å². The highest BCUT2D eigenvalue weighted by Gasteiger charge is 2.35. The Morgan fingerprint density at radius 2 is 1.74 bits per heavy atom. The normalized spacial score (nSPS) is 14.6. The summed E-state index contributed by atoms with van der Waals surface area (Å²) in [5.74, 6) is -0.122. The molecule has 180 valence electrons. The highest BCUT2D eigenvalue weighted by molar-refractivity contribution is 8.18. The average Bonchev–Trinajstić information content (AvgIpc) is 3.28. The van der Waals surface area contributed by atoms with E-state index in [9.17, 15) is 14.4 Å². The van der Waals surface area contributed by atoms with E-state index in [1.54, 1.807) is 42.5 Å². The minimum absolute atomic E-state index is 0.149. The van der Waals surface area contributed by atoms with Crippen LogP contribution < -0.4 is 4.74 Å². The van der Waals surface area contributed by atoms with Crippen molar-refractivity contribution in [1.82, 2.24) is 9.47 Å². The number of aromatic nitrogens is 1. The number of rotatable bonds is 7. The Kier molecular flexibility index (Phi) is 7.33. The molecule has 0 bridgehead atoms. The largest absolute Gasteiger partial charge is 0.492 e. The summed E-state index contributed by atoms with van der Waals surface area (Å²) in [5.41, 5.74) is 4.04. The molecule has 1 saturated heterocycles. The minimum Gasteiger partial charge on any atom is -0.492 e. The lowest BCUT2D eigenvalue weighted by molar-refractivity contribution is -0.123. The zero-order valence-electron chi connectivity index (χ0n) is 19.4. The van der Waals surface area contributed by atoms with Gasteiger partial charge in [-0.1, -0.05) is 11.6 Å². The summed E-state index contributed by atoms with van der Waals surface area (Å²) in [5, 5.41) is 0.277. The molecule has 2 heterocycles. The zero-order valence-corrected chi connectivity index (χ0v) is 21.0. The number of aryl methyl sites for hydroxylation is 1. The van der Waals surface area contributed by atoms with Crippen molar-refractivity contribution in [2.24, 2.45) is 0 Å². The molecule has 35 heavy (non-hydrogen) atoms. The number of imide groups is 1. The molecule has 1 aliphatic heterocycles. The number of benzene rings is 2. The zero-order chi connectivity index (χ0) is 25.1. The number of ether oxygens (including phenoxy) is 2. The maximum absolute atomic E-state index is 12.9. The van der Waals surface area contributed by atoms with Crippen molar-refractivity contribution >= 4 is 46.6 Å². The van der Waals surface area contributed by atoms with E-state index in [4.69, 9.17) is 21.1 Å². The smallest absolute Gasteiger partial charge is 0.337 e. The molecule has 0 atom stereocenters. The van der Waals surface area contributed by atoms with Crippen molar-refractivity contribution in [3.63, 3.8) is 0 Å². The molecule has 0 spiro atoms. The average molecular weight is 511 g/mol. The van der Waals surface area contributed by atoms with Crippen LogP contribution in [0.4, 0.5) is 4.79 Å². The van der Waals surface area contributed by atoms with Gasteiger partial charge in [-0.3, -0.25) is 14.5 Å². The van der Waals surface area contributed by atoms with Gasteiger partial charge in [0, 0.05) is 22.1 Å². The molecule has 1 fully saturated rings. The monoisotopic (exact) mass is 510 g/mol. The summed E-state index contributed by atoms with van der Waals surface area (Å²) in [6.07, 6.45) is 1.74. The van der Waals surface area contributed by atoms with Gasteiger partial charge in [0.15, 0.2) is 0 Å². The first kappa shape index (κ1) is 24.6. The summed E-state index contributed by atoms with van der Waals surface area (Å²) in [4.78, 5) is 38.6. The van der Waals surface area contributed by atoms with E-state index in [1.807, 2.05) is 36.6 Å². The van der Waals surface area contributed by atoms with Crippen LogP contribution in [0.2, 0.25) is 5.02 Å². The van der Waals surface area contributed by atoms with Crippen LogP contribution in [-0.4, -0.2) is 46.8 Å². The van der Waals surface area contributed by atoms with Crippen molar-refractivity contribution < 1.29 is 23.9 Å². The van der Waals surface area contributed by atoms with E-state index in [2.05, 4.69) is 0 Å². The fraction of sp³-hybridized carbons (Fsp3) is 0.192. The predicted octanol–water partition coefficient (Wildman–Crippen LogP) is 5.65. The van der Waals surface area contributed by atoms with Gasteiger partial charge in [-0.15, -0.1) is 0 Å².